The number of nitrogens with one attached hydrogen (secondary N) is 1. The van der Waals surface area contributed by atoms with Crippen molar-refractivity contribution in [1.29, 1.82) is 5.26 Å². The minimum Gasteiger partial charge on any atom is -0.464 e. The molecule has 3 rings (SSSR count). The zero-order valence-electron chi connectivity index (χ0n) is 14.3. The predicted octanol–water partition coefficient (Wildman–Crippen LogP) is 2.37. The van der Waals surface area contributed by atoms with Crippen molar-refractivity contribution in [3.8, 4) is 11.8 Å². The van der Waals surface area contributed by atoms with E-state index in [2.05, 4.69) is 10.3 Å². The predicted molar refractivity (Wildman–Crippen MR) is 98.4 cm³/mol. The van der Waals surface area contributed by atoms with Crippen LogP contribution in [0.15, 0.2) is 54.9 Å². The Hall–Kier alpha value is -4.12. The lowest BCUT2D eigenvalue weighted by atomic mass is 10.2. The van der Waals surface area contributed by atoms with Crippen LogP contribution >= 0.6 is 0 Å². The molecule has 0 saturated carbocycles. The second-order valence-corrected chi connectivity index (χ2v) is 5.49. The number of nitrogens with zero attached hydrogens (tertiary/aromatic N) is 3. The fourth-order valence-corrected chi connectivity index (χ4v) is 2.52. The molecule has 0 aliphatic heterocycles. The fourth-order valence-electron chi connectivity index (χ4n) is 2.52. The number of pyridine rings is 1. The van der Waals surface area contributed by atoms with Gasteiger partial charge in [-0.3, -0.25) is 4.79 Å². The van der Waals surface area contributed by atoms with Crippen LogP contribution in [0.25, 0.3) is 5.69 Å². The Balaban J connectivity index is 1.91. The van der Waals surface area contributed by atoms with Crippen molar-refractivity contribution in [2.75, 3.05) is 18.2 Å². The van der Waals surface area contributed by atoms with Gasteiger partial charge in [-0.15, -0.1) is 0 Å². The summed E-state index contributed by atoms with van der Waals surface area (Å²) in [5.41, 5.74) is 7.10. The van der Waals surface area contributed by atoms with E-state index in [1.807, 2.05) is 6.07 Å². The summed E-state index contributed by atoms with van der Waals surface area (Å²) in [6.45, 7) is 0. The maximum Gasteiger partial charge on any atom is 0.357 e. The van der Waals surface area contributed by atoms with Crippen molar-refractivity contribution >= 4 is 23.4 Å². The SMILES string of the molecule is COC(=O)c1c(N)c(C#N)cn1-c1ccc(C(=O)Nc2ccccn2)cc1. The van der Waals surface area contributed by atoms with Gasteiger partial charge in [0.1, 0.15) is 11.9 Å². The van der Waals surface area contributed by atoms with E-state index in [1.54, 1.807) is 48.7 Å². The largest absolute Gasteiger partial charge is 0.464 e. The lowest BCUT2D eigenvalue weighted by Gasteiger charge is -2.09. The third-order valence-electron chi connectivity index (χ3n) is 3.86. The molecule has 2 heterocycles. The third kappa shape index (κ3) is 3.48. The normalized spacial score (nSPS) is 10.1. The average Bonchev–Trinajstić information content (AvgIpc) is 3.04. The van der Waals surface area contributed by atoms with Gasteiger partial charge in [0.25, 0.3) is 5.91 Å². The zero-order valence-corrected chi connectivity index (χ0v) is 14.3. The number of hydrogen-bond donors (Lipinski definition) is 2. The number of anilines is 2. The van der Waals surface area contributed by atoms with Gasteiger partial charge in [0.05, 0.1) is 18.4 Å². The molecule has 0 unspecified atom stereocenters. The molecule has 3 N–H and O–H groups in total. The van der Waals surface area contributed by atoms with Crippen molar-refractivity contribution in [1.82, 2.24) is 9.55 Å². The van der Waals surface area contributed by atoms with Gasteiger partial charge < -0.3 is 20.4 Å². The molecule has 3 aromatic rings. The number of nitriles is 1. The monoisotopic (exact) mass is 361 g/mol. The average molecular weight is 361 g/mol. The van der Waals surface area contributed by atoms with Gasteiger partial charge >= 0.3 is 5.97 Å². The summed E-state index contributed by atoms with van der Waals surface area (Å²) < 4.78 is 6.20. The van der Waals surface area contributed by atoms with Gasteiger partial charge in [-0.2, -0.15) is 5.26 Å². The molecule has 8 heteroatoms. The molecule has 1 amide bonds. The van der Waals surface area contributed by atoms with E-state index in [0.717, 1.165) is 0 Å². The van der Waals surface area contributed by atoms with Gasteiger partial charge in [-0.05, 0) is 36.4 Å². The van der Waals surface area contributed by atoms with E-state index < -0.39 is 5.97 Å². The first-order valence-corrected chi connectivity index (χ1v) is 7.87. The van der Waals surface area contributed by atoms with Crippen LogP contribution in [0.3, 0.4) is 0 Å². The highest BCUT2D eigenvalue weighted by atomic mass is 16.5. The first-order chi connectivity index (χ1) is 13.0. The molecule has 0 saturated heterocycles. The number of nitrogen functional groups attached to an aromatic ring is 1. The van der Waals surface area contributed by atoms with Crippen molar-refractivity contribution < 1.29 is 14.3 Å². The highest BCUT2D eigenvalue weighted by Gasteiger charge is 2.21. The number of rotatable bonds is 4. The van der Waals surface area contributed by atoms with Crippen LogP contribution in [-0.2, 0) is 4.74 Å². The van der Waals surface area contributed by atoms with E-state index in [-0.39, 0.29) is 22.9 Å². The Morgan fingerprint density at radius 1 is 1.22 bits per heavy atom. The number of aromatic nitrogens is 2. The number of ether oxygens (including phenoxy) is 1. The zero-order chi connectivity index (χ0) is 19.4. The second kappa shape index (κ2) is 7.41. The number of methoxy groups -OCH3 is 1. The molecule has 0 aliphatic carbocycles. The molecule has 134 valence electrons. The van der Waals surface area contributed by atoms with Gasteiger partial charge in [0, 0.05) is 23.6 Å². The minimum absolute atomic E-state index is 0.0429. The van der Waals surface area contributed by atoms with Crippen LogP contribution in [0.1, 0.15) is 26.4 Å². The summed E-state index contributed by atoms with van der Waals surface area (Å²) in [6.07, 6.45) is 3.03. The number of carbonyl (C=O) groups is 2. The fraction of sp³-hybridized carbons (Fsp3) is 0.0526. The Labute approximate surface area is 154 Å². The molecule has 0 atom stereocenters. The lowest BCUT2D eigenvalue weighted by Crippen LogP contribution is -2.13. The number of carbonyl (C=O) groups excluding carboxylic acids is 2. The first kappa shape index (κ1) is 17.7. The number of amides is 1. The number of hydrogen-bond acceptors (Lipinski definition) is 6. The molecular weight excluding hydrogens is 346 g/mol. The van der Waals surface area contributed by atoms with Crippen molar-refractivity contribution in [2.24, 2.45) is 0 Å². The summed E-state index contributed by atoms with van der Waals surface area (Å²) >= 11 is 0. The highest BCUT2D eigenvalue weighted by molar-refractivity contribution is 6.04. The van der Waals surface area contributed by atoms with Crippen molar-refractivity contribution in [2.45, 2.75) is 0 Å². The van der Waals surface area contributed by atoms with Crippen LogP contribution < -0.4 is 11.1 Å². The first-order valence-electron chi connectivity index (χ1n) is 7.87. The Kier molecular flexibility index (Phi) is 4.86. The third-order valence-corrected chi connectivity index (χ3v) is 3.86. The molecule has 27 heavy (non-hydrogen) atoms. The molecular formula is C19H15N5O3. The maximum absolute atomic E-state index is 12.3. The molecule has 0 radical (unpaired) electrons. The van der Waals surface area contributed by atoms with Gasteiger partial charge in [0.2, 0.25) is 0 Å². The molecule has 0 fully saturated rings. The Morgan fingerprint density at radius 2 is 1.96 bits per heavy atom. The molecule has 0 spiro atoms. The molecule has 0 bridgehead atoms. The number of benzene rings is 1. The van der Waals surface area contributed by atoms with Crippen LogP contribution in [0.5, 0.6) is 0 Å². The van der Waals surface area contributed by atoms with Crippen molar-refractivity contribution in [3.05, 3.63) is 71.7 Å². The van der Waals surface area contributed by atoms with Gasteiger partial charge in [0.15, 0.2) is 5.69 Å². The number of esters is 1. The van der Waals surface area contributed by atoms with Gasteiger partial charge in [-0.25, -0.2) is 9.78 Å². The standard InChI is InChI=1S/C19H15N5O3/c1-27-19(26)17-16(21)13(10-20)11-24(17)14-7-5-12(6-8-14)18(25)23-15-4-2-3-9-22-15/h2-9,11H,21H2,1H3,(H,22,23,25). The van der Waals surface area contributed by atoms with Crippen LogP contribution in [-0.4, -0.2) is 28.5 Å². The van der Waals surface area contributed by atoms with Crippen LogP contribution in [0.2, 0.25) is 0 Å². The summed E-state index contributed by atoms with van der Waals surface area (Å²) in [7, 11) is 1.23. The van der Waals surface area contributed by atoms with E-state index >= 15 is 0 Å². The van der Waals surface area contributed by atoms with E-state index in [9.17, 15) is 9.59 Å². The van der Waals surface area contributed by atoms with E-state index in [1.165, 1.54) is 17.9 Å². The van der Waals surface area contributed by atoms with Crippen molar-refractivity contribution in [3.63, 3.8) is 0 Å². The maximum atomic E-state index is 12.3. The number of nitrogens with two attached hydrogens (primary N) is 1. The quantitative estimate of drug-likeness (QED) is 0.688. The lowest BCUT2D eigenvalue weighted by molar-refractivity contribution is 0.0593. The Bertz CT molecular complexity index is 1030. The molecule has 1 aromatic carbocycles. The van der Waals surface area contributed by atoms with Crippen LogP contribution in [0.4, 0.5) is 11.5 Å². The van der Waals surface area contributed by atoms with Gasteiger partial charge in [-0.1, -0.05) is 6.07 Å². The summed E-state index contributed by atoms with van der Waals surface area (Å²) in [6, 6.07) is 13.6. The summed E-state index contributed by atoms with van der Waals surface area (Å²) in [5.74, 6) is -0.541. The van der Waals surface area contributed by atoms with Crippen LogP contribution in [0, 0.1) is 11.3 Å². The topological polar surface area (TPSA) is 123 Å². The van der Waals surface area contributed by atoms with E-state index in [0.29, 0.717) is 17.1 Å². The minimum atomic E-state index is -0.661. The Morgan fingerprint density at radius 3 is 2.56 bits per heavy atom. The highest BCUT2D eigenvalue weighted by Crippen LogP contribution is 2.25. The molecule has 0 aliphatic rings. The smallest absolute Gasteiger partial charge is 0.357 e. The molecule has 8 nitrogen and oxygen atoms in total. The molecule has 2 aromatic heterocycles. The summed E-state index contributed by atoms with van der Waals surface area (Å²) in [5, 5.41) is 11.8. The second-order valence-electron chi connectivity index (χ2n) is 5.49. The summed E-state index contributed by atoms with van der Waals surface area (Å²) in [4.78, 5) is 28.4. The van der Waals surface area contributed by atoms with E-state index in [4.69, 9.17) is 15.7 Å².